The van der Waals surface area contributed by atoms with E-state index in [2.05, 4.69) is 9.88 Å². The number of aromatic nitrogens is 1. The monoisotopic (exact) mass is 312 g/mol. The predicted octanol–water partition coefficient (Wildman–Crippen LogP) is 2.33. The molecule has 1 aromatic carbocycles. The number of hydrogen-bond acceptors (Lipinski definition) is 6. The van der Waals surface area contributed by atoms with Gasteiger partial charge in [-0.3, -0.25) is 10.1 Å². The van der Waals surface area contributed by atoms with E-state index in [1.165, 1.54) is 12.1 Å². The van der Waals surface area contributed by atoms with Crippen LogP contribution < -0.4 is 10.6 Å². The highest BCUT2D eigenvalue weighted by Gasteiger charge is 2.22. The molecule has 7 nitrogen and oxygen atoms in total. The highest BCUT2D eigenvalue weighted by molar-refractivity contribution is 5.85. The maximum atomic E-state index is 10.7. The Morgan fingerprint density at radius 2 is 2.14 bits per heavy atom. The normalized spacial score (nSPS) is 16.0. The molecule has 1 aliphatic rings. The van der Waals surface area contributed by atoms with Crippen LogP contribution in [0.4, 0.5) is 11.7 Å². The van der Waals surface area contributed by atoms with Gasteiger partial charge in [0.05, 0.1) is 4.92 Å². The van der Waals surface area contributed by atoms with Gasteiger partial charge >= 0.3 is 0 Å². The number of nitro benzene ring substituents is 1. The van der Waals surface area contributed by atoms with Gasteiger partial charge in [0.15, 0.2) is 5.58 Å². The second kappa shape index (κ2) is 6.28. The van der Waals surface area contributed by atoms with Crippen molar-refractivity contribution < 1.29 is 9.34 Å². The van der Waals surface area contributed by atoms with Crippen LogP contribution in [-0.2, 0) is 0 Å². The first-order chi connectivity index (χ1) is 9.67. The molecule has 2 N–H and O–H groups in total. The summed E-state index contributed by atoms with van der Waals surface area (Å²) in [5.74, 6) is 0.566. The van der Waals surface area contributed by atoms with E-state index in [9.17, 15) is 10.1 Å². The molecule has 8 heteroatoms. The summed E-state index contributed by atoms with van der Waals surface area (Å²) >= 11 is 0. The Kier molecular flexibility index (Phi) is 4.64. The second-order valence-corrected chi connectivity index (χ2v) is 5.07. The lowest BCUT2D eigenvalue weighted by molar-refractivity contribution is -0.384. The number of nitro groups is 1. The van der Waals surface area contributed by atoms with E-state index in [0.717, 1.165) is 25.9 Å². The molecule has 0 aliphatic carbocycles. The summed E-state index contributed by atoms with van der Waals surface area (Å²) in [6.45, 7) is 2.43. The molecule has 2 aromatic rings. The minimum atomic E-state index is -0.430. The standard InChI is InChI=1S/C13H16N4O3.ClH/c14-8-9-3-5-16(6-4-9)13-15-11-7-10(17(18)19)1-2-12(11)20-13;/h1-2,7,9H,3-6,8,14H2;1H. The molecule has 1 saturated heterocycles. The van der Waals surface area contributed by atoms with Gasteiger partial charge in [0, 0.05) is 25.2 Å². The Bertz CT molecular complexity index is 637. The van der Waals surface area contributed by atoms with Gasteiger partial charge in [-0.1, -0.05) is 0 Å². The van der Waals surface area contributed by atoms with Crippen molar-refractivity contribution in [2.75, 3.05) is 24.5 Å². The number of rotatable bonds is 3. The van der Waals surface area contributed by atoms with Gasteiger partial charge in [0.1, 0.15) is 5.52 Å². The Labute approximate surface area is 127 Å². The Hall–Kier alpha value is -1.86. The van der Waals surface area contributed by atoms with Crippen molar-refractivity contribution >= 4 is 35.2 Å². The van der Waals surface area contributed by atoms with Crippen molar-refractivity contribution in [1.29, 1.82) is 0 Å². The van der Waals surface area contributed by atoms with Gasteiger partial charge in [0.25, 0.3) is 11.7 Å². The summed E-state index contributed by atoms with van der Waals surface area (Å²) in [7, 11) is 0. The van der Waals surface area contributed by atoms with Crippen molar-refractivity contribution in [3.8, 4) is 0 Å². The summed E-state index contributed by atoms with van der Waals surface area (Å²) in [4.78, 5) is 16.7. The number of benzene rings is 1. The highest BCUT2D eigenvalue weighted by atomic mass is 35.5. The third-order valence-corrected chi connectivity index (χ3v) is 3.79. The molecule has 1 aliphatic heterocycles. The van der Waals surface area contributed by atoms with E-state index in [-0.39, 0.29) is 18.1 Å². The molecule has 0 saturated carbocycles. The zero-order valence-electron chi connectivity index (χ0n) is 11.4. The van der Waals surface area contributed by atoms with Crippen LogP contribution in [0.25, 0.3) is 11.1 Å². The zero-order valence-corrected chi connectivity index (χ0v) is 12.2. The molecule has 1 fully saturated rings. The molecule has 0 bridgehead atoms. The van der Waals surface area contributed by atoms with Gasteiger partial charge < -0.3 is 15.1 Å². The zero-order chi connectivity index (χ0) is 14.1. The summed E-state index contributed by atoms with van der Waals surface area (Å²) in [5, 5.41) is 10.7. The predicted molar refractivity (Wildman–Crippen MR) is 81.9 cm³/mol. The minimum absolute atomic E-state index is 0. The molecule has 21 heavy (non-hydrogen) atoms. The first kappa shape index (κ1) is 15.5. The van der Waals surface area contributed by atoms with Gasteiger partial charge in [-0.2, -0.15) is 4.98 Å². The lowest BCUT2D eigenvalue weighted by Crippen LogP contribution is -2.36. The van der Waals surface area contributed by atoms with E-state index in [0.29, 0.717) is 29.6 Å². The van der Waals surface area contributed by atoms with E-state index in [1.54, 1.807) is 6.07 Å². The van der Waals surface area contributed by atoms with Gasteiger partial charge in [0.2, 0.25) is 0 Å². The highest BCUT2D eigenvalue weighted by Crippen LogP contribution is 2.28. The smallest absolute Gasteiger partial charge is 0.298 e. The molecule has 3 rings (SSSR count). The van der Waals surface area contributed by atoms with Crippen LogP contribution in [0, 0.1) is 16.0 Å². The number of piperidine rings is 1. The van der Waals surface area contributed by atoms with Crippen molar-refractivity contribution in [3.63, 3.8) is 0 Å². The molecule has 114 valence electrons. The number of non-ortho nitro benzene ring substituents is 1. The number of nitrogens with zero attached hydrogens (tertiary/aromatic N) is 3. The number of hydrogen-bond donors (Lipinski definition) is 1. The van der Waals surface area contributed by atoms with Crippen LogP contribution in [-0.4, -0.2) is 29.5 Å². The summed E-state index contributed by atoms with van der Waals surface area (Å²) < 4.78 is 5.67. The van der Waals surface area contributed by atoms with Crippen LogP contribution in [0.15, 0.2) is 22.6 Å². The molecule has 0 atom stereocenters. The largest absolute Gasteiger partial charge is 0.423 e. The lowest BCUT2D eigenvalue weighted by atomic mass is 9.97. The molecular formula is C13H17ClN4O3. The molecule has 2 heterocycles. The van der Waals surface area contributed by atoms with Gasteiger partial charge in [-0.25, -0.2) is 0 Å². The average Bonchev–Trinajstić information content (AvgIpc) is 2.90. The van der Waals surface area contributed by atoms with Crippen molar-refractivity contribution in [2.24, 2.45) is 11.7 Å². The SMILES string of the molecule is Cl.NCC1CCN(c2nc3cc([N+](=O)[O-])ccc3o2)CC1. The van der Waals surface area contributed by atoms with Crippen LogP contribution in [0.3, 0.4) is 0 Å². The van der Waals surface area contributed by atoms with Crippen molar-refractivity contribution in [2.45, 2.75) is 12.8 Å². The Morgan fingerprint density at radius 3 is 2.76 bits per heavy atom. The maximum Gasteiger partial charge on any atom is 0.298 e. The average molecular weight is 313 g/mol. The Morgan fingerprint density at radius 1 is 1.43 bits per heavy atom. The number of anilines is 1. The minimum Gasteiger partial charge on any atom is -0.423 e. The summed E-state index contributed by atoms with van der Waals surface area (Å²) in [5.41, 5.74) is 6.80. The fourth-order valence-corrected chi connectivity index (χ4v) is 2.51. The van der Waals surface area contributed by atoms with Crippen LogP contribution >= 0.6 is 12.4 Å². The third-order valence-electron chi connectivity index (χ3n) is 3.79. The number of nitrogens with two attached hydrogens (primary N) is 1. The van der Waals surface area contributed by atoms with Crippen LogP contribution in [0.5, 0.6) is 0 Å². The molecule has 0 radical (unpaired) electrons. The number of oxazole rings is 1. The lowest BCUT2D eigenvalue weighted by Gasteiger charge is -2.29. The van der Waals surface area contributed by atoms with E-state index >= 15 is 0 Å². The van der Waals surface area contributed by atoms with Crippen LogP contribution in [0.2, 0.25) is 0 Å². The topological polar surface area (TPSA) is 98.4 Å². The second-order valence-electron chi connectivity index (χ2n) is 5.07. The van der Waals surface area contributed by atoms with E-state index in [1.807, 2.05) is 0 Å². The van der Waals surface area contributed by atoms with E-state index in [4.69, 9.17) is 10.2 Å². The quantitative estimate of drug-likeness (QED) is 0.690. The molecular weight excluding hydrogens is 296 g/mol. The number of fused-ring (bicyclic) bond motifs is 1. The fraction of sp³-hybridized carbons (Fsp3) is 0.462. The molecule has 0 unspecified atom stereocenters. The number of halogens is 1. The van der Waals surface area contributed by atoms with Crippen molar-refractivity contribution in [1.82, 2.24) is 4.98 Å². The molecule has 1 aromatic heterocycles. The first-order valence-electron chi connectivity index (χ1n) is 6.67. The van der Waals surface area contributed by atoms with E-state index < -0.39 is 4.92 Å². The maximum absolute atomic E-state index is 10.7. The molecule has 0 spiro atoms. The van der Waals surface area contributed by atoms with Gasteiger partial charge in [-0.05, 0) is 31.4 Å². The first-order valence-corrected chi connectivity index (χ1v) is 6.67. The van der Waals surface area contributed by atoms with Gasteiger partial charge in [-0.15, -0.1) is 12.4 Å². The van der Waals surface area contributed by atoms with Crippen molar-refractivity contribution in [3.05, 3.63) is 28.3 Å². The Balaban J connectivity index is 0.00000161. The van der Waals surface area contributed by atoms with Crippen LogP contribution in [0.1, 0.15) is 12.8 Å². The summed E-state index contributed by atoms with van der Waals surface area (Å²) in [6.07, 6.45) is 2.05. The third kappa shape index (κ3) is 3.08. The summed E-state index contributed by atoms with van der Waals surface area (Å²) in [6, 6.07) is 5.00. The molecule has 0 amide bonds. The fourth-order valence-electron chi connectivity index (χ4n) is 2.51.